The number of benzene rings is 2. The van der Waals surface area contributed by atoms with Crippen molar-refractivity contribution in [1.29, 1.82) is 0 Å². The molecular weight excluding hydrogens is 290 g/mol. The quantitative estimate of drug-likeness (QED) is 0.830. The molecule has 1 N–H and O–H groups in total. The van der Waals surface area contributed by atoms with Crippen molar-refractivity contribution in [3.8, 4) is 0 Å². The molecule has 0 aliphatic carbocycles. The molecule has 1 amide bonds. The first-order valence-electron chi connectivity index (χ1n) is 6.30. The lowest BCUT2D eigenvalue weighted by Gasteiger charge is -2.09. The largest absolute Gasteiger partial charge is 0.325 e. The number of hydrogen-bond donors (Lipinski definition) is 1. The lowest BCUT2D eigenvalue weighted by molar-refractivity contribution is -0.113. The van der Waals surface area contributed by atoms with E-state index in [4.69, 9.17) is 11.6 Å². The second kappa shape index (κ2) is 6.82. The van der Waals surface area contributed by atoms with Gasteiger partial charge in [-0.1, -0.05) is 41.4 Å². The van der Waals surface area contributed by atoms with Crippen LogP contribution < -0.4 is 5.32 Å². The summed E-state index contributed by atoms with van der Waals surface area (Å²) in [6.45, 7) is 4.02. The maximum atomic E-state index is 12.0. The van der Waals surface area contributed by atoms with E-state index in [-0.39, 0.29) is 5.91 Å². The predicted molar refractivity (Wildman–Crippen MR) is 86.7 cm³/mol. The Kier molecular flexibility index (Phi) is 5.10. The standard InChI is InChI=1S/C16H16ClNOS/c1-11-7-8-14(12(2)9-11)18-16(19)10-20-15-6-4-3-5-13(15)17/h3-9H,10H2,1-2H3,(H,18,19). The maximum Gasteiger partial charge on any atom is 0.234 e. The molecule has 2 aromatic carbocycles. The number of anilines is 1. The van der Waals surface area contributed by atoms with Crippen molar-refractivity contribution < 1.29 is 4.79 Å². The Balaban J connectivity index is 1.94. The Morgan fingerprint density at radius 1 is 1.20 bits per heavy atom. The fourth-order valence-electron chi connectivity index (χ4n) is 1.85. The number of rotatable bonds is 4. The minimum Gasteiger partial charge on any atom is -0.325 e. The topological polar surface area (TPSA) is 29.1 Å². The number of halogens is 1. The van der Waals surface area contributed by atoms with Gasteiger partial charge in [0.15, 0.2) is 0 Å². The highest BCUT2D eigenvalue weighted by atomic mass is 35.5. The third-order valence-corrected chi connectivity index (χ3v) is 4.37. The molecule has 2 rings (SSSR count). The smallest absolute Gasteiger partial charge is 0.234 e. The van der Waals surface area contributed by atoms with Crippen LogP contribution in [0, 0.1) is 13.8 Å². The first-order chi connectivity index (χ1) is 9.56. The van der Waals surface area contributed by atoms with Gasteiger partial charge in [0.05, 0.1) is 10.8 Å². The van der Waals surface area contributed by atoms with Gasteiger partial charge >= 0.3 is 0 Å². The second-order valence-electron chi connectivity index (χ2n) is 4.59. The van der Waals surface area contributed by atoms with Crippen LogP contribution >= 0.6 is 23.4 Å². The molecule has 0 atom stereocenters. The summed E-state index contributed by atoms with van der Waals surface area (Å²) in [5.41, 5.74) is 3.12. The van der Waals surface area contributed by atoms with Gasteiger partial charge in [-0.2, -0.15) is 0 Å². The second-order valence-corrected chi connectivity index (χ2v) is 6.01. The highest BCUT2D eigenvalue weighted by Crippen LogP contribution is 2.26. The van der Waals surface area contributed by atoms with Gasteiger partial charge in [0.2, 0.25) is 5.91 Å². The van der Waals surface area contributed by atoms with Gasteiger partial charge in [0.25, 0.3) is 0 Å². The van der Waals surface area contributed by atoms with Crippen molar-refractivity contribution in [2.75, 3.05) is 11.1 Å². The van der Waals surface area contributed by atoms with Gasteiger partial charge in [0.1, 0.15) is 0 Å². The minimum absolute atomic E-state index is 0.0260. The molecule has 4 heteroatoms. The highest BCUT2D eigenvalue weighted by molar-refractivity contribution is 8.00. The molecule has 0 heterocycles. The van der Waals surface area contributed by atoms with Crippen LogP contribution in [0.3, 0.4) is 0 Å². The molecule has 0 aliphatic rings. The zero-order chi connectivity index (χ0) is 14.5. The van der Waals surface area contributed by atoms with Gasteiger partial charge in [0, 0.05) is 10.6 Å². The molecule has 0 spiro atoms. The van der Waals surface area contributed by atoms with Crippen molar-refractivity contribution in [2.24, 2.45) is 0 Å². The van der Waals surface area contributed by atoms with Crippen molar-refractivity contribution in [2.45, 2.75) is 18.7 Å². The molecule has 0 fully saturated rings. The van der Waals surface area contributed by atoms with Crippen molar-refractivity contribution in [3.05, 3.63) is 58.6 Å². The van der Waals surface area contributed by atoms with Crippen LogP contribution in [-0.4, -0.2) is 11.7 Å². The molecule has 2 aromatic rings. The summed E-state index contributed by atoms with van der Waals surface area (Å²) in [5, 5.41) is 3.60. The van der Waals surface area contributed by atoms with Crippen LogP contribution in [0.5, 0.6) is 0 Å². The normalized spacial score (nSPS) is 10.3. The number of carbonyl (C=O) groups excluding carboxylic acids is 1. The Hall–Kier alpha value is -1.45. The van der Waals surface area contributed by atoms with Gasteiger partial charge in [-0.25, -0.2) is 0 Å². The van der Waals surface area contributed by atoms with Crippen LogP contribution in [0.2, 0.25) is 5.02 Å². The average molecular weight is 306 g/mol. The fourth-order valence-corrected chi connectivity index (χ4v) is 2.88. The monoisotopic (exact) mass is 305 g/mol. The van der Waals surface area contributed by atoms with Crippen molar-refractivity contribution in [1.82, 2.24) is 0 Å². The summed E-state index contributed by atoms with van der Waals surface area (Å²) in [6.07, 6.45) is 0. The summed E-state index contributed by atoms with van der Waals surface area (Å²) in [5.74, 6) is 0.318. The van der Waals surface area contributed by atoms with E-state index in [1.165, 1.54) is 17.3 Å². The molecule has 2 nitrogen and oxygen atoms in total. The molecule has 0 unspecified atom stereocenters. The maximum absolute atomic E-state index is 12.0. The Labute approximate surface area is 128 Å². The lowest BCUT2D eigenvalue weighted by Crippen LogP contribution is -2.14. The minimum atomic E-state index is -0.0260. The zero-order valence-corrected chi connectivity index (χ0v) is 13.0. The summed E-state index contributed by atoms with van der Waals surface area (Å²) >= 11 is 7.50. The van der Waals surface area contributed by atoms with Crippen LogP contribution in [0.1, 0.15) is 11.1 Å². The van der Waals surface area contributed by atoms with Crippen LogP contribution in [0.25, 0.3) is 0 Å². The van der Waals surface area contributed by atoms with Crippen molar-refractivity contribution >= 4 is 35.0 Å². The van der Waals surface area contributed by atoms with E-state index in [0.717, 1.165) is 16.1 Å². The number of carbonyl (C=O) groups is 1. The van der Waals surface area contributed by atoms with E-state index in [1.807, 2.05) is 50.2 Å². The van der Waals surface area contributed by atoms with E-state index in [2.05, 4.69) is 11.4 Å². The zero-order valence-electron chi connectivity index (χ0n) is 11.4. The van der Waals surface area contributed by atoms with E-state index in [1.54, 1.807) is 0 Å². The third kappa shape index (κ3) is 4.02. The van der Waals surface area contributed by atoms with Gasteiger partial charge < -0.3 is 5.32 Å². The number of thioether (sulfide) groups is 1. The summed E-state index contributed by atoms with van der Waals surface area (Å²) in [6, 6.07) is 13.5. The Morgan fingerprint density at radius 2 is 1.95 bits per heavy atom. The van der Waals surface area contributed by atoms with E-state index < -0.39 is 0 Å². The number of amides is 1. The molecule has 0 aromatic heterocycles. The van der Waals surface area contributed by atoms with E-state index in [9.17, 15) is 4.79 Å². The van der Waals surface area contributed by atoms with Gasteiger partial charge in [-0.3, -0.25) is 4.79 Å². The molecule has 104 valence electrons. The SMILES string of the molecule is Cc1ccc(NC(=O)CSc2ccccc2Cl)c(C)c1. The fraction of sp³-hybridized carbons (Fsp3) is 0.188. The Bertz CT molecular complexity index is 628. The molecule has 0 saturated carbocycles. The molecule has 0 aliphatic heterocycles. The van der Waals surface area contributed by atoms with Crippen LogP contribution in [0.15, 0.2) is 47.4 Å². The van der Waals surface area contributed by atoms with E-state index >= 15 is 0 Å². The van der Waals surface area contributed by atoms with Crippen LogP contribution in [0.4, 0.5) is 5.69 Å². The molecule has 0 radical (unpaired) electrons. The van der Waals surface area contributed by atoms with Crippen molar-refractivity contribution in [3.63, 3.8) is 0 Å². The number of nitrogens with one attached hydrogen (secondary N) is 1. The van der Waals surface area contributed by atoms with Gasteiger partial charge in [-0.15, -0.1) is 11.8 Å². The molecule has 0 bridgehead atoms. The average Bonchev–Trinajstić information content (AvgIpc) is 2.41. The molecule has 0 saturated heterocycles. The summed E-state index contributed by atoms with van der Waals surface area (Å²) in [4.78, 5) is 12.9. The molecular formula is C16H16ClNOS. The van der Waals surface area contributed by atoms with E-state index in [0.29, 0.717) is 10.8 Å². The highest BCUT2D eigenvalue weighted by Gasteiger charge is 2.07. The number of hydrogen-bond acceptors (Lipinski definition) is 2. The van der Waals surface area contributed by atoms with Crippen LogP contribution in [-0.2, 0) is 4.79 Å². The summed E-state index contributed by atoms with van der Waals surface area (Å²) in [7, 11) is 0. The predicted octanol–water partition coefficient (Wildman–Crippen LogP) is 4.69. The first-order valence-corrected chi connectivity index (χ1v) is 7.67. The van der Waals surface area contributed by atoms with Gasteiger partial charge in [-0.05, 0) is 37.6 Å². The Morgan fingerprint density at radius 3 is 2.65 bits per heavy atom. The lowest BCUT2D eigenvalue weighted by atomic mass is 10.1. The first kappa shape index (κ1) is 14.9. The number of aryl methyl sites for hydroxylation is 2. The third-order valence-electron chi connectivity index (χ3n) is 2.85. The molecule has 20 heavy (non-hydrogen) atoms. The summed E-state index contributed by atoms with van der Waals surface area (Å²) < 4.78 is 0.